The van der Waals surface area contributed by atoms with E-state index in [0.717, 1.165) is 6.54 Å². The van der Waals surface area contributed by atoms with Crippen LogP contribution in [0.4, 0.5) is 0 Å². The van der Waals surface area contributed by atoms with Crippen LogP contribution in [0, 0.1) is 23.2 Å². The van der Waals surface area contributed by atoms with Gasteiger partial charge in [-0.05, 0) is 13.0 Å². The predicted molar refractivity (Wildman–Crippen MR) is 39.3 cm³/mol. The number of nitrogens with one attached hydrogen (secondary N) is 1. The molecule has 0 aromatic heterocycles. The van der Waals surface area contributed by atoms with Gasteiger partial charge in [0.15, 0.2) is 0 Å². The Morgan fingerprint density at radius 1 is 1.73 bits per heavy atom. The molecule has 2 atom stereocenters. The van der Waals surface area contributed by atoms with Gasteiger partial charge in [0.2, 0.25) is 5.91 Å². The molecule has 1 aliphatic rings. The maximum Gasteiger partial charge on any atom is 0.221 e. The molecule has 0 aromatic carbocycles. The van der Waals surface area contributed by atoms with Crippen molar-refractivity contribution in [1.82, 2.24) is 5.32 Å². The Labute approximate surface area is 65.4 Å². The second-order valence-electron chi connectivity index (χ2n) is 2.74. The fraction of sp³-hybridized carbons (Fsp3) is 0.714. The molecule has 3 N–H and O–H groups in total. The summed E-state index contributed by atoms with van der Waals surface area (Å²) in [4.78, 5) is 10.8. The van der Waals surface area contributed by atoms with Crippen molar-refractivity contribution >= 4 is 5.91 Å². The van der Waals surface area contributed by atoms with Crippen LogP contribution < -0.4 is 11.1 Å². The zero-order valence-corrected chi connectivity index (χ0v) is 6.21. The number of hydrogen-bond donors (Lipinski definition) is 2. The van der Waals surface area contributed by atoms with Crippen molar-refractivity contribution in [2.24, 2.45) is 17.6 Å². The van der Waals surface area contributed by atoms with Gasteiger partial charge < -0.3 is 11.1 Å². The topological polar surface area (TPSA) is 78.9 Å². The Morgan fingerprint density at radius 3 is 2.91 bits per heavy atom. The normalized spacial score (nSPS) is 30.8. The first-order valence-electron chi connectivity index (χ1n) is 3.65. The van der Waals surface area contributed by atoms with Crippen LogP contribution in [0.2, 0.25) is 0 Å². The summed E-state index contributed by atoms with van der Waals surface area (Å²) in [5.41, 5.74) is 5.12. The highest BCUT2D eigenvalue weighted by Crippen LogP contribution is 2.17. The number of nitrogens with two attached hydrogens (primary N) is 1. The molecule has 60 valence electrons. The average molecular weight is 153 g/mol. The quantitative estimate of drug-likeness (QED) is 0.518. The van der Waals surface area contributed by atoms with Gasteiger partial charge in [-0.1, -0.05) is 0 Å². The van der Waals surface area contributed by atoms with Gasteiger partial charge in [-0.25, -0.2) is 0 Å². The van der Waals surface area contributed by atoms with Crippen molar-refractivity contribution in [1.29, 1.82) is 5.26 Å². The van der Waals surface area contributed by atoms with E-state index < -0.39 is 0 Å². The molecule has 4 heteroatoms. The molecule has 2 unspecified atom stereocenters. The molecule has 1 amide bonds. The molecule has 0 saturated carbocycles. The fourth-order valence-corrected chi connectivity index (χ4v) is 1.33. The number of carbonyl (C=O) groups excluding carboxylic acids is 1. The number of amides is 1. The first-order valence-corrected chi connectivity index (χ1v) is 3.65. The van der Waals surface area contributed by atoms with Crippen molar-refractivity contribution in [2.45, 2.75) is 6.42 Å². The highest BCUT2D eigenvalue weighted by Gasteiger charge is 2.28. The minimum Gasteiger partial charge on any atom is -0.369 e. The minimum atomic E-state index is -0.349. The summed E-state index contributed by atoms with van der Waals surface area (Å²) >= 11 is 0. The van der Waals surface area contributed by atoms with Crippen LogP contribution in [0.1, 0.15) is 6.42 Å². The lowest BCUT2D eigenvalue weighted by molar-refractivity contribution is -0.123. The Hall–Kier alpha value is -1.08. The van der Waals surface area contributed by atoms with E-state index in [1.165, 1.54) is 0 Å². The van der Waals surface area contributed by atoms with Crippen molar-refractivity contribution < 1.29 is 4.79 Å². The summed E-state index contributed by atoms with van der Waals surface area (Å²) in [6, 6.07) is 2.07. The van der Waals surface area contributed by atoms with Gasteiger partial charge in [0.05, 0.1) is 17.9 Å². The van der Waals surface area contributed by atoms with Gasteiger partial charge in [0.25, 0.3) is 0 Å². The Balaban J connectivity index is 2.60. The molecular formula is C7H11N3O. The third kappa shape index (κ3) is 1.69. The maximum atomic E-state index is 10.8. The molecule has 4 nitrogen and oxygen atoms in total. The van der Waals surface area contributed by atoms with Crippen molar-refractivity contribution in [3.8, 4) is 6.07 Å². The molecule has 1 aliphatic heterocycles. The van der Waals surface area contributed by atoms with Crippen molar-refractivity contribution in [3.05, 3.63) is 0 Å². The molecule has 1 heterocycles. The maximum absolute atomic E-state index is 10.8. The van der Waals surface area contributed by atoms with E-state index in [9.17, 15) is 4.79 Å². The SMILES string of the molecule is N#CC1CNCCC1C(N)=O. The average Bonchev–Trinajstić information content (AvgIpc) is 2.04. The molecule has 0 spiro atoms. The van der Waals surface area contributed by atoms with Gasteiger partial charge >= 0.3 is 0 Å². The molecule has 1 rings (SSSR count). The van der Waals surface area contributed by atoms with Crippen LogP contribution in [0.25, 0.3) is 0 Å². The van der Waals surface area contributed by atoms with Gasteiger partial charge in [0, 0.05) is 6.54 Å². The molecular weight excluding hydrogens is 142 g/mol. The molecule has 0 radical (unpaired) electrons. The highest BCUT2D eigenvalue weighted by molar-refractivity contribution is 5.77. The van der Waals surface area contributed by atoms with Crippen LogP contribution >= 0.6 is 0 Å². The second kappa shape index (κ2) is 3.35. The predicted octanol–water partition coefficient (Wildman–Crippen LogP) is -0.779. The van der Waals surface area contributed by atoms with Crippen LogP contribution in [-0.2, 0) is 4.79 Å². The largest absolute Gasteiger partial charge is 0.369 e. The van der Waals surface area contributed by atoms with Crippen molar-refractivity contribution in [2.75, 3.05) is 13.1 Å². The Morgan fingerprint density at radius 2 is 2.45 bits per heavy atom. The Kier molecular flexibility index (Phi) is 2.44. The molecule has 11 heavy (non-hydrogen) atoms. The van der Waals surface area contributed by atoms with E-state index in [2.05, 4.69) is 11.4 Å². The molecule has 0 aliphatic carbocycles. The molecule has 1 saturated heterocycles. The van der Waals surface area contributed by atoms with Crippen molar-refractivity contribution in [3.63, 3.8) is 0 Å². The van der Waals surface area contributed by atoms with E-state index >= 15 is 0 Å². The van der Waals surface area contributed by atoms with E-state index in [-0.39, 0.29) is 17.7 Å². The first-order chi connectivity index (χ1) is 5.25. The summed E-state index contributed by atoms with van der Waals surface area (Å²) in [6.07, 6.45) is 0.688. The minimum absolute atomic E-state index is 0.235. The lowest BCUT2D eigenvalue weighted by atomic mass is 9.87. The number of nitrogens with zero attached hydrogens (tertiary/aromatic N) is 1. The van der Waals surface area contributed by atoms with Gasteiger partial charge in [-0.2, -0.15) is 5.26 Å². The third-order valence-corrected chi connectivity index (χ3v) is 2.01. The smallest absolute Gasteiger partial charge is 0.221 e. The number of primary amides is 1. The number of hydrogen-bond acceptors (Lipinski definition) is 3. The highest BCUT2D eigenvalue weighted by atomic mass is 16.1. The van der Waals surface area contributed by atoms with Crippen LogP contribution in [0.5, 0.6) is 0 Å². The molecule has 0 aromatic rings. The monoisotopic (exact) mass is 153 g/mol. The number of nitriles is 1. The van der Waals surface area contributed by atoms with Crippen LogP contribution in [0.15, 0.2) is 0 Å². The second-order valence-corrected chi connectivity index (χ2v) is 2.74. The summed E-state index contributed by atoms with van der Waals surface area (Å²) in [5, 5.41) is 11.7. The summed E-state index contributed by atoms with van der Waals surface area (Å²) in [7, 11) is 0. The van der Waals surface area contributed by atoms with Gasteiger partial charge in [-0.3, -0.25) is 4.79 Å². The lowest BCUT2D eigenvalue weighted by Crippen LogP contribution is -2.42. The number of rotatable bonds is 1. The van der Waals surface area contributed by atoms with Crippen LogP contribution in [0.3, 0.4) is 0 Å². The number of carbonyl (C=O) groups is 1. The summed E-state index contributed by atoms with van der Waals surface area (Å²) < 4.78 is 0. The zero-order chi connectivity index (χ0) is 8.27. The molecule has 1 fully saturated rings. The Bertz CT molecular complexity index is 196. The summed E-state index contributed by atoms with van der Waals surface area (Å²) in [6.45, 7) is 1.37. The fourth-order valence-electron chi connectivity index (χ4n) is 1.33. The van der Waals surface area contributed by atoms with E-state index in [1.54, 1.807) is 0 Å². The van der Waals surface area contributed by atoms with E-state index in [0.29, 0.717) is 13.0 Å². The first kappa shape index (κ1) is 8.02. The number of piperidine rings is 1. The van der Waals surface area contributed by atoms with E-state index in [4.69, 9.17) is 11.0 Å². The molecule has 0 bridgehead atoms. The lowest BCUT2D eigenvalue weighted by Gasteiger charge is -2.24. The zero-order valence-electron chi connectivity index (χ0n) is 6.21. The van der Waals surface area contributed by atoms with E-state index in [1.807, 2.05) is 0 Å². The van der Waals surface area contributed by atoms with Gasteiger partial charge in [0.1, 0.15) is 0 Å². The summed E-state index contributed by atoms with van der Waals surface area (Å²) in [5.74, 6) is -0.833. The standard InChI is InChI=1S/C7H11N3O/c8-3-5-4-10-2-1-6(5)7(9)11/h5-6,10H,1-2,4H2,(H2,9,11). The third-order valence-electron chi connectivity index (χ3n) is 2.01. The van der Waals surface area contributed by atoms with Gasteiger partial charge in [-0.15, -0.1) is 0 Å². The van der Waals surface area contributed by atoms with Crippen LogP contribution in [-0.4, -0.2) is 19.0 Å².